The van der Waals surface area contributed by atoms with Gasteiger partial charge in [-0.15, -0.1) is 0 Å². The van der Waals surface area contributed by atoms with Gasteiger partial charge in [0.2, 0.25) is 5.91 Å². The van der Waals surface area contributed by atoms with Gasteiger partial charge in [0.05, 0.1) is 5.54 Å². The molecule has 4 heteroatoms. The molecule has 2 aliphatic rings. The summed E-state index contributed by atoms with van der Waals surface area (Å²) in [6, 6.07) is 0. The van der Waals surface area contributed by atoms with Crippen LogP contribution in [0.2, 0.25) is 0 Å². The minimum atomic E-state index is 0.241. The molecule has 2 rings (SSSR count). The molecule has 2 aliphatic heterocycles. The van der Waals surface area contributed by atoms with E-state index in [0.717, 1.165) is 32.7 Å². The Balaban J connectivity index is 1.90. The molecule has 2 saturated heterocycles. The summed E-state index contributed by atoms with van der Waals surface area (Å²) >= 11 is 0. The van der Waals surface area contributed by atoms with Gasteiger partial charge in [0.1, 0.15) is 0 Å². The van der Waals surface area contributed by atoms with E-state index in [1.807, 2.05) is 4.90 Å². The Morgan fingerprint density at radius 2 is 2.17 bits per heavy atom. The van der Waals surface area contributed by atoms with Crippen molar-refractivity contribution >= 4 is 5.91 Å². The van der Waals surface area contributed by atoms with Crippen LogP contribution in [0.1, 0.15) is 32.6 Å². The lowest BCUT2D eigenvalue weighted by atomic mass is 9.75. The molecule has 0 bridgehead atoms. The summed E-state index contributed by atoms with van der Waals surface area (Å²) in [4.78, 5) is 16.3. The van der Waals surface area contributed by atoms with Crippen molar-refractivity contribution < 1.29 is 9.53 Å². The van der Waals surface area contributed by atoms with Gasteiger partial charge in [-0.1, -0.05) is 6.92 Å². The van der Waals surface area contributed by atoms with Gasteiger partial charge in [0, 0.05) is 33.2 Å². The molecule has 0 N–H and O–H groups in total. The minimum Gasteiger partial charge on any atom is -0.384 e. The first kappa shape index (κ1) is 13.8. The van der Waals surface area contributed by atoms with E-state index in [9.17, 15) is 4.79 Å². The molecule has 0 aromatic rings. The number of carbonyl (C=O) groups is 1. The maximum Gasteiger partial charge on any atom is 0.222 e. The quantitative estimate of drug-likeness (QED) is 0.759. The predicted octanol–water partition coefficient (Wildman–Crippen LogP) is 1.36. The fourth-order valence-corrected chi connectivity index (χ4v) is 3.37. The van der Waals surface area contributed by atoms with Crippen LogP contribution in [-0.2, 0) is 9.53 Å². The maximum atomic E-state index is 11.8. The molecule has 104 valence electrons. The summed E-state index contributed by atoms with van der Waals surface area (Å²) in [5, 5.41) is 0. The van der Waals surface area contributed by atoms with Crippen LogP contribution < -0.4 is 0 Å². The summed E-state index contributed by atoms with van der Waals surface area (Å²) in [5.41, 5.74) is 0.241. The number of amides is 1. The van der Waals surface area contributed by atoms with Crippen LogP contribution in [0.5, 0.6) is 0 Å². The number of ether oxygens (including phenoxy) is 1. The molecule has 1 spiro atoms. The normalized spacial score (nSPS) is 27.3. The molecular formula is C14H26N2O2. The van der Waals surface area contributed by atoms with E-state index in [-0.39, 0.29) is 5.54 Å². The highest BCUT2D eigenvalue weighted by molar-refractivity contribution is 5.77. The minimum absolute atomic E-state index is 0.241. The van der Waals surface area contributed by atoms with E-state index < -0.39 is 0 Å². The predicted molar refractivity (Wildman–Crippen MR) is 71.4 cm³/mol. The fourth-order valence-electron chi connectivity index (χ4n) is 3.37. The van der Waals surface area contributed by atoms with E-state index in [4.69, 9.17) is 4.74 Å². The summed E-state index contributed by atoms with van der Waals surface area (Å²) in [7, 11) is 3.98. The smallest absolute Gasteiger partial charge is 0.222 e. The van der Waals surface area contributed by atoms with Gasteiger partial charge in [-0.25, -0.2) is 0 Å². The second-order valence-electron chi connectivity index (χ2n) is 5.96. The Morgan fingerprint density at radius 3 is 2.78 bits per heavy atom. The van der Waals surface area contributed by atoms with Gasteiger partial charge in [0.15, 0.2) is 0 Å². The van der Waals surface area contributed by atoms with Crippen LogP contribution in [0.25, 0.3) is 0 Å². The molecule has 4 nitrogen and oxygen atoms in total. The Morgan fingerprint density at radius 1 is 1.44 bits per heavy atom. The van der Waals surface area contributed by atoms with Crippen LogP contribution in [0.15, 0.2) is 0 Å². The highest BCUT2D eigenvalue weighted by atomic mass is 16.5. The number of rotatable bonds is 4. The molecule has 0 radical (unpaired) electrons. The lowest BCUT2D eigenvalue weighted by Crippen LogP contribution is -2.72. The Hall–Kier alpha value is -0.610. The first-order valence-electron chi connectivity index (χ1n) is 7.09. The van der Waals surface area contributed by atoms with Crippen LogP contribution in [0.4, 0.5) is 0 Å². The van der Waals surface area contributed by atoms with E-state index in [1.54, 1.807) is 7.11 Å². The number of likely N-dealkylation sites (N-methyl/N-ethyl adjacent to an activating group) is 1. The van der Waals surface area contributed by atoms with Gasteiger partial charge < -0.3 is 9.64 Å². The van der Waals surface area contributed by atoms with Crippen molar-refractivity contribution in [1.29, 1.82) is 0 Å². The second kappa shape index (κ2) is 5.57. The largest absolute Gasteiger partial charge is 0.384 e. The van der Waals surface area contributed by atoms with Crippen LogP contribution in [-0.4, -0.2) is 61.6 Å². The molecule has 0 aliphatic carbocycles. The number of nitrogens with zero attached hydrogens (tertiary/aromatic N) is 2. The first-order valence-corrected chi connectivity index (χ1v) is 7.09. The third-order valence-electron chi connectivity index (χ3n) is 4.54. The number of hydrogen-bond acceptors (Lipinski definition) is 3. The highest BCUT2D eigenvalue weighted by Crippen LogP contribution is 2.38. The zero-order valence-corrected chi connectivity index (χ0v) is 11.9. The standard InChI is InChI=1S/C14H26N2O2/c1-4-5-13(17)16-10-14(11-16)8-12(9-18-3)6-7-15(14)2/h12H,4-11H2,1-3H3/t12-/m0/s1. The fraction of sp³-hybridized carbons (Fsp3) is 0.929. The average molecular weight is 254 g/mol. The van der Waals surface area contributed by atoms with Gasteiger partial charge in [-0.05, 0) is 38.8 Å². The summed E-state index contributed by atoms with van der Waals surface area (Å²) in [6.07, 6.45) is 4.04. The molecule has 0 aromatic carbocycles. The Kier molecular flexibility index (Phi) is 4.28. The van der Waals surface area contributed by atoms with Crippen LogP contribution in [0.3, 0.4) is 0 Å². The van der Waals surface area contributed by atoms with Gasteiger partial charge >= 0.3 is 0 Å². The monoisotopic (exact) mass is 254 g/mol. The molecule has 0 unspecified atom stereocenters. The molecule has 2 fully saturated rings. The molecule has 0 aromatic heterocycles. The number of piperidine rings is 1. The van der Waals surface area contributed by atoms with Crippen molar-refractivity contribution in [3.63, 3.8) is 0 Å². The van der Waals surface area contributed by atoms with Crippen molar-refractivity contribution in [3.05, 3.63) is 0 Å². The number of hydrogen-bond donors (Lipinski definition) is 0. The van der Waals surface area contributed by atoms with Crippen molar-refractivity contribution in [2.45, 2.75) is 38.1 Å². The zero-order valence-electron chi connectivity index (χ0n) is 11.9. The number of carbonyl (C=O) groups excluding carboxylic acids is 1. The molecule has 18 heavy (non-hydrogen) atoms. The third kappa shape index (κ3) is 2.54. The van der Waals surface area contributed by atoms with Gasteiger partial charge in [0.25, 0.3) is 0 Å². The average Bonchev–Trinajstić information content (AvgIpc) is 2.29. The zero-order chi connectivity index (χ0) is 13.2. The van der Waals surface area contributed by atoms with E-state index >= 15 is 0 Å². The van der Waals surface area contributed by atoms with Crippen LogP contribution in [0, 0.1) is 5.92 Å². The SMILES string of the molecule is CCCC(=O)N1CC2(C[C@@H](COC)CCN2C)C1. The van der Waals surface area contributed by atoms with Gasteiger partial charge in [-0.3, -0.25) is 9.69 Å². The molecular weight excluding hydrogens is 228 g/mol. The Bertz CT molecular complexity index is 300. The van der Waals surface area contributed by atoms with E-state index in [0.29, 0.717) is 18.2 Å². The Labute approximate surface area is 110 Å². The number of likely N-dealkylation sites (tertiary alicyclic amines) is 2. The topological polar surface area (TPSA) is 32.8 Å². The van der Waals surface area contributed by atoms with Gasteiger partial charge in [-0.2, -0.15) is 0 Å². The van der Waals surface area contributed by atoms with Crippen molar-refractivity contribution in [2.75, 3.05) is 40.4 Å². The second-order valence-corrected chi connectivity index (χ2v) is 5.96. The highest BCUT2D eigenvalue weighted by Gasteiger charge is 2.50. The lowest BCUT2D eigenvalue weighted by Gasteiger charge is -2.58. The van der Waals surface area contributed by atoms with Crippen molar-refractivity contribution in [2.24, 2.45) is 5.92 Å². The molecule has 1 amide bonds. The lowest BCUT2D eigenvalue weighted by molar-refractivity contribution is -0.151. The number of methoxy groups -OCH3 is 1. The van der Waals surface area contributed by atoms with Crippen molar-refractivity contribution in [3.8, 4) is 0 Å². The van der Waals surface area contributed by atoms with Crippen molar-refractivity contribution in [1.82, 2.24) is 9.80 Å². The first-order chi connectivity index (χ1) is 8.61. The molecule has 1 atom stereocenters. The van der Waals surface area contributed by atoms with E-state index in [2.05, 4.69) is 18.9 Å². The maximum absolute atomic E-state index is 11.8. The summed E-state index contributed by atoms with van der Waals surface area (Å²) in [5.74, 6) is 0.986. The third-order valence-corrected chi connectivity index (χ3v) is 4.54. The molecule has 2 heterocycles. The summed E-state index contributed by atoms with van der Waals surface area (Å²) in [6.45, 7) is 5.89. The molecule has 0 saturated carbocycles. The summed E-state index contributed by atoms with van der Waals surface area (Å²) < 4.78 is 5.29. The van der Waals surface area contributed by atoms with Crippen LogP contribution >= 0.6 is 0 Å². The van der Waals surface area contributed by atoms with E-state index in [1.165, 1.54) is 12.8 Å².